The molecule has 1 aromatic carbocycles. The maximum atomic E-state index is 5.46. The number of hydrogen-bond donors (Lipinski definition) is 1. The van der Waals surface area contributed by atoms with Gasteiger partial charge >= 0.3 is 0 Å². The van der Waals surface area contributed by atoms with Crippen LogP contribution < -0.4 is 4.74 Å². The van der Waals surface area contributed by atoms with E-state index in [1.165, 1.54) is 5.56 Å². The number of hydrogen-bond acceptors (Lipinski definition) is 4. The number of ether oxygens (including phenoxy) is 1. The van der Waals surface area contributed by atoms with E-state index in [1.54, 1.807) is 11.3 Å². The SMILES string of the molecule is Sc1csc(-c2ccc3c(c2)CCO3)n1. The third-order valence-electron chi connectivity index (χ3n) is 2.43. The highest BCUT2D eigenvalue weighted by Gasteiger charge is 2.13. The zero-order valence-electron chi connectivity index (χ0n) is 7.93. The van der Waals surface area contributed by atoms with Gasteiger partial charge < -0.3 is 4.74 Å². The fourth-order valence-corrected chi connectivity index (χ4v) is 2.73. The lowest BCUT2D eigenvalue weighted by molar-refractivity contribution is 0.357. The highest BCUT2D eigenvalue weighted by molar-refractivity contribution is 7.80. The summed E-state index contributed by atoms with van der Waals surface area (Å²) >= 11 is 5.83. The van der Waals surface area contributed by atoms with Crippen LogP contribution in [-0.2, 0) is 6.42 Å². The standard InChI is InChI=1S/C11H9NOS2/c14-10-6-15-11(12-10)8-1-2-9-7(5-8)3-4-13-9/h1-2,5-6,14H,3-4H2. The van der Waals surface area contributed by atoms with Gasteiger partial charge in [-0.1, -0.05) is 0 Å². The largest absolute Gasteiger partial charge is 0.493 e. The first-order valence-corrected chi connectivity index (χ1v) is 6.06. The van der Waals surface area contributed by atoms with Crippen molar-refractivity contribution in [3.05, 3.63) is 29.1 Å². The minimum Gasteiger partial charge on any atom is -0.493 e. The molecular weight excluding hydrogens is 226 g/mol. The molecule has 0 radical (unpaired) electrons. The monoisotopic (exact) mass is 235 g/mol. The Balaban J connectivity index is 2.06. The summed E-state index contributed by atoms with van der Waals surface area (Å²) in [6, 6.07) is 6.24. The summed E-state index contributed by atoms with van der Waals surface area (Å²) in [4.78, 5) is 4.35. The topological polar surface area (TPSA) is 22.1 Å². The van der Waals surface area contributed by atoms with Gasteiger partial charge in [-0.25, -0.2) is 4.98 Å². The van der Waals surface area contributed by atoms with E-state index in [4.69, 9.17) is 4.74 Å². The van der Waals surface area contributed by atoms with Gasteiger partial charge in [0.1, 0.15) is 15.8 Å². The summed E-state index contributed by atoms with van der Waals surface area (Å²) in [7, 11) is 0. The molecule has 1 aromatic heterocycles. The molecule has 2 nitrogen and oxygen atoms in total. The maximum Gasteiger partial charge on any atom is 0.124 e. The Kier molecular flexibility index (Phi) is 2.18. The Morgan fingerprint density at radius 3 is 3.13 bits per heavy atom. The molecule has 0 atom stereocenters. The number of rotatable bonds is 1. The summed E-state index contributed by atoms with van der Waals surface area (Å²) in [6.45, 7) is 0.800. The molecule has 0 N–H and O–H groups in total. The van der Waals surface area contributed by atoms with Crippen LogP contribution in [0.4, 0.5) is 0 Å². The third kappa shape index (κ3) is 1.64. The van der Waals surface area contributed by atoms with E-state index < -0.39 is 0 Å². The Morgan fingerprint density at radius 2 is 2.33 bits per heavy atom. The number of nitrogens with zero attached hydrogens (tertiary/aromatic N) is 1. The maximum absolute atomic E-state index is 5.46. The Hall–Kier alpha value is -1.00. The molecule has 4 heteroatoms. The van der Waals surface area contributed by atoms with Crippen molar-refractivity contribution < 1.29 is 4.74 Å². The van der Waals surface area contributed by atoms with Crippen molar-refractivity contribution in [3.63, 3.8) is 0 Å². The first kappa shape index (κ1) is 9.24. The smallest absolute Gasteiger partial charge is 0.124 e. The number of thiol groups is 1. The fourth-order valence-electron chi connectivity index (χ4n) is 1.72. The van der Waals surface area contributed by atoms with Crippen molar-refractivity contribution >= 4 is 24.0 Å². The second-order valence-electron chi connectivity index (χ2n) is 3.43. The molecule has 3 rings (SSSR count). The lowest BCUT2D eigenvalue weighted by atomic mass is 10.1. The summed E-state index contributed by atoms with van der Waals surface area (Å²) in [6.07, 6.45) is 1.00. The van der Waals surface area contributed by atoms with Crippen LogP contribution in [0.3, 0.4) is 0 Å². The lowest BCUT2D eigenvalue weighted by Gasteiger charge is -2.00. The molecule has 15 heavy (non-hydrogen) atoms. The van der Waals surface area contributed by atoms with Crippen LogP contribution in [-0.4, -0.2) is 11.6 Å². The van der Waals surface area contributed by atoms with Crippen LogP contribution in [0, 0.1) is 0 Å². The van der Waals surface area contributed by atoms with Crippen LogP contribution in [0.1, 0.15) is 5.56 Å². The van der Waals surface area contributed by atoms with Gasteiger partial charge in [-0.15, -0.1) is 24.0 Å². The van der Waals surface area contributed by atoms with Crippen molar-refractivity contribution in [2.75, 3.05) is 6.61 Å². The van der Waals surface area contributed by atoms with Crippen molar-refractivity contribution in [2.24, 2.45) is 0 Å². The second-order valence-corrected chi connectivity index (χ2v) is 4.75. The van der Waals surface area contributed by atoms with Gasteiger partial charge in [0.05, 0.1) is 6.61 Å². The average molecular weight is 235 g/mol. The van der Waals surface area contributed by atoms with Crippen molar-refractivity contribution in [3.8, 4) is 16.3 Å². The highest BCUT2D eigenvalue weighted by Crippen LogP contribution is 2.32. The van der Waals surface area contributed by atoms with E-state index in [0.29, 0.717) is 0 Å². The molecule has 0 saturated carbocycles. The predicted octanol–water partition coefficient (Wildman–Crippen LogP) is 3.03. The molecule has 1 aliphatic rings. The quantitative estimate of drug-likeness (QED) is 0.767. The number of benzene rings is 1. The Labute approximate surface area is 97.3 Å². The molecule has 2 aromatic rings. The molecule has 0 saturated heterocycles. The van der Waals surface area contributed by atoms with Gasteiger partial charge in [-0.2, -0.15) is 0 Å². The minimum atomic E-state index is 0.784. The average Bonchev–Trinajstić information content (AvgIpc) is 2.84. The second kappa shape index (κ2) is 3.54. The predicted molar refractivity (Wildman–Crippen MR) is 64.0 cm³/mol. The fraction of sp³-hybridized carbons (Fsp3) is 0.182. The van der Waals surface area contributed by atoms with E-state index >= 15 is 0 Å². The highest BCUT2D eigenvalue weighted by atomic mass is 32.1. The van der Waals surface area contributed by atoms with Crippen molar-refractivity contribution in [2.45, 2.75) is 11.4 Å². The summed E-state index contributed by atoms with van der Waals surface area (Å²) in [5.41, 5.74) is 2.44. The summed E-state index contributed by atoms with van der Waals surface area (Å²) < 4.78 is 5.46. The van der Waals surface area contributed by atoms with Gasteiger partial charge in [0.2, 0.25) is 0 Å². The van der Waals surface area contributed by atoms with Crippen LogP contribution in [0.5, 0.6) is 5.75 Å². The third-order valence-corrected chi connectivity index (χ3v) is 3.72. The van der Waals surface area contributed by atoms with E-state index in [9.17, 15) is 0 Å². The number of fused-ring (bicyclic) bond motifs is 1. The molecular formula is C11H9NOS2. The molecule has 0 unspecified atom stereocenters. The molecule has 0 spiro atoms. The first-order chi connectivity index (χ1) is 7.33. The van der Waals surface area contributed by atoms with E-state index in [2.05, 4.69) is 29.7 Å². The van der Waals surface area contributed by atoms with Crippen molar-refractivity contribution in [1.82, 2.24) is 4.98 Å². The van der Waals surface area contributed by atoms with Crippen molar-refractivity contribution in [1.29, 1.82) is 0 Å². The van der Waals surface area contributed by atoms with Gasteiger partial charge in [-0.3, -0.25) is 0 Å². The summed E-state index contributed by atoms with van der Waals surface area (Å²) in [5.74, 6) is 1.02. The Bertz CT molecular complexity index is 507. The molecule has 2 heterocycles. The zero-order valence-corrected chi connectivity index (χ0v) is 9.65. The van der Waals surface area contributed by atoms with Crippen LogP contribution in [0.15, 0.2) is 28.6 Å². The molecule has 0 aliphatic carbocycles. The van der Waals surface area contributed by atoms with E-state index in [0.717, 1.165) is 34.4 Å². The minimum absolute atomic E-state index is 0.784. The van der Waals surface area contributed by atoms with Crippen LogP contribution >= 0.6 is 24.0 Å². The van der Waals surface area contributed by atoms with Crippen LogP contribution in [0.2, 0.25) is 0 Å². The molecule has 1 aliphatic heterocycles. The molecule has 0 fully saturated rings. The van der Waals surface area contributed by atoms with Gasteiger partial charge in [-0.05, 0) is 23.8 Å². The molecule has 0 bridgehead atoms. The zero-order chi connectivity index (χ0) is 10.3. The van der Waals surface area contributed by atoms with Gasteiger partial charge in [0.25, 0.3) is 0 Å². The lowest BCUT2D eigenvalue weighted by Crippen LogP contribution is -1.85. The van der Waals surface area contributed by atoms with E-state index in [-0.39, 0.29) is 0 Å². The molecule has 76 valence electrons. The normalized spacial score (nSPS) is 13.7. The first-order valence-electron chi connectivity index (χ1n) is 4.73. The Morgan fingerprint density at radius 1 is 1.40 bits per heavy atom. The van der Waals surface area contributed by atoms with Gasteiger partial charge in [0.15, 0.2) is 0 Å². The van der Waals surface area contributed by atoms with Crippen LogP contribution in [0.25, 0.3) is 10.6 Å². The number of aromatic nitrogens is 1. The van der Waals surface area contributed by atoms with Gasteiger partial charge in [0, 0.05) is 17.4 Å². The van der Waals surface area contributed by atoms with E-state index in [1.807, 2.05) is 11.4 Å². The summed E-state index contributed by atoms with van der Waals surface area (Å²) in [5, 5.41) is 3.75. The number of thiazole rings is 1. The molecule has 0 amide bonds.